The molecule has 0 fully saturated rings. The fourth-order valence-electron chi connectivity index (χ4n) is 2.60. The third-order valence-electron chi connectivity index (χ3n) is 4.01. The minimum absolute atomic E-state index is 0.0247. The van der Waals surface area contributed by atoms with Crippen molar-refractivity contribution in [1.82, 2.24) is 9.78 Å². The normalized spacial score (nSPS) is 11.3. The van der Waals surface area contributed by atoms with Crippen LogP contribution < -0.4 is 10.1 Å². The topological polar surface area (TPSA) is 99.3 Å². The number of amides is 1. The summed E-state index contributed by atoms with van der Waals surface area (Å²) in [4.78, 5) is 23.0. The maximum Gasteiger partial charge on any atom is 0.416 e. The van der Waals surface area contributed by atoms with Crippen molar-refractivity contribution in [3.63, 3.8) is 0 Å². The Labute approximate surface area is 178 Å². The Kier molecular flexibility index (Phi) is 6.16. The summed E-state index contributed by atoms with van der Waals surface area (Å²) in [6.45, 7) is 2.27. The van der Waals surface area contributed by atoms with Crippen LogP contribution >= 0.6 is 11.6 Å². The Morgan fingerprint density at radius 1 is 1.26 bits per heavy atom. The maximum absolute atomic E-state index is 12.9. The molecule has 12 heteroatoms. The molecule has 3 aromatic rings. The monoisotopic (exact) mass is 454 g/mol. The first-order valence-electron chi connectivity index (χ1n) is 8.75. The van der Waals surface area contributed by atoms with Crippen molar-refractivity contribution in [2.45, 2.75) is 19.6 Å². The van der Waals surface area contributed by atoms with Crippen LogP contribution in [0.3, 0.4) is 0 Å². The van der Waals surface area contributed by atoms with Gasteiger partial charge in [0, 0.05) is 24.9 Å². The molecule has 0 spiro atoms. The Bertz CT molecular complexity index is 1150. The summed E-state index contributed by atoms with van der Waals surface area (Å²) >= 11 is 5.99. The average molecular weight is 455 g/mol. The molecule has 0 atom stereocenters. The van der Waals surface area contributed by atoms with Gasteiger partial charge in [0.15, 0.2) is 5.69 Å². The molecular formula is C19H14ClF3N4O4. The molecule has 0 saturated heterocycles. The van der Waals surface area contributed by atoms with Crippen LogP contribution in [0.5, 0.6) is 11.5 Å². The number of ether oxygens (including phenoxy) is 1. The number of benzene rings is 2. The number of carbonyl (C=O) groups is 1. The fraction of sp³-hybridized carbons (Fsp3) is 0.158. The van der Waals surface area contributed by atoms with E-state index in [1.165, 1.54) is 23.0 Å². The summed E-state index contributed by atoms with van der Waals surface area (Å²) in [5.74, 6) is -1.05. The van der Waals surface area contributed by atoms with E-state index in [2.05, 4.69) is 10.4 Å². The van der Waals surface area contributed by atoms with Crippen LogP contribution in [0.2, 0.25) is 5.02 Å². The quantitative estimate of drug-likeness (QED) is 0.390. The van der Waals surface area contributed by atoms with Crippen molar-refractivity contribution in [2.75, 3.05) is 5.32 Å². The summed E-state index contributed by atoms with van der Waals surface area (Å²) in [7, 11) is 0. The molecule has 8 nitrogen and oxygen atoms in total. The summed E-state index contributed by atoms with van der Waals surface area (Å²) in [6.07, 6.45) is -3.13. The number of aryl methyl sites for hydroxylation is 1. The zero-order valence-electron chi connectivity index (χ0n) is 15.8. The van der Waals surface area contributed by atoms with Crippen LogP contribution in [0.15, 0.2) is 48.7 Å². The third kappa shape index (κ3) is 5.31. The fourth-order valence-corrected chi connectivity index (χ4v) is 2.83. The summed E-state index contributed by atoms with van der Waals surface area (Å²) in [6, 6.07) is 7.36. The Hall–Kier alpha value is -3.60. The Morgan fingerprint density at radius 3 is 2.61 bits per heavy atom. The smallest absolute Gasteiger partial charge is 0.416 e. The van der Waals surface area contributed by atoms with Gasteiger partial charge in [-0.25, -0.2) is 0 Å². The molecule has 1 N–H and O–H groups in total. The van der Waals surface area contributed by atoms with E-state index < -0.39 is 28.3 Å². The van der Waals surface area contributed by atoms with Gasteiger partial charge in [0.25, 0.3) is 11.6 Å². The third-order valence-corrected chi connectivity index (χ3v) is 4.29. The molecule has 2 aromatic carbocycles. The van der Waals surface area contributed by atoms with Gasteiger partial charge in [-0.3, -0.25) is 19.6 Å². The molecule has 0 aliphatic heterocycles. The Morgan fingerprint density at radius 2 is 2.00 bits per heavy atom. The summed E-state index contributed by atoms with van der Waals surface area (Å²) in [5.41, 5.74) is -1.49. The van der Waals surface area contributed by atoms with E-state index in [-0.39, 0.29) is 27.9 Å². The molecule has 0 radical (unpaired) electrons. The van der Waals surface area contributed by atoms with Gasteiger partial charge in [-0.05, 0) is 25.1 Å². The number of halogens is 4. The Balaban J connectivity index is 1.90. The van der Waals surface area contributed by atoms with Gasteiger partial charge >= 0.3 is 6.18 Å². The van der Waals surface area contributed by atoms with Gasteiger partial charge in [0.2, 0.25) is 0 Å². The number of nitrogens with zero attached hydrogens (tertiary/aromatic N) is 3. The summed E-state index contributed by atoms with van der Waals surface area (Å²) in [5, 5.41) is 17.8. The molecule has 0 bridgehead atoms. The van der Waals surface area contributed by atoms with Gasteiger partial charge in [-0.2, -0.15) is 18.3 Å². The predicted octanol–water partition coefficient (Wildman–Crippen LogP) is 5.53. The lowest BCUT2D eigenvalue weighted by atomic mass is 10.2. The van der Waals surface area contributed by atoms with Gasteiger partial charge < -0.3 is 10.1 Å². The van der Waals surface area contributed by atoms with E-state index in [0.29, 0.717) is 6.54 Å². The molecular weight excluding hydrogens is 441 g/mol. The number of non-ortho nitro benzene ring substituents is 1. The molecule has 0 unspecified atom stereocenters. The molecule has 1 aromatic heterocycles. The van der Waals surface area contributed by atoms with E-state index >= 15 is 0 Å². The number of anilines is 1. The zero-order valence-corrected chi connectivity index (χ0v) is 16.6. The van der Waals surface area contributed by atoms with Crippen LogP contribution in [-0.2, 0) is 12.7 Å². The standard InChI is InChI=1S/C19H14ClF3N4O4/c1-2-26-10-16(20)17(25-26)18(28)24-12-7-13(27(29)30)9-15(8-12)31-14-5-3-4-11(6-14)19(21,22)23/h3-10H,2H2,1H3,(H,24,28). The minimum Gasteiger partial charge on any atom is -0.457 e. The number of nitro benzene ring substituents is 1. The average Bonchev–Trinajstić information content (AvgIpc) is 3.08. The van der Waals surface area contributed by atoms with Gasteiger partial charge in [-0.1, -0.05) is 17.7 Å². The number of rotatable bonds is 6. The van der Waals surface area contributed by atoms with Crippen molar-refractivity contribution in [1.29, 1.82) is 0 Å². The lowest BCUT2D eigenvalue weighted by molar-refractivity contribution is -0.384. The number of alkyl halides is 3. The predicted molar refractivity (Wildman–Crippen MR) is 105 cm³/mol. The highest BCUT2D eigenvalue weighted by molar-refractivity contribution is 6.34. The number of nitrogens with one attached hydrogen (secondary N) is 1. The first-order valence-corrected chi connectivity index (χ1v) is 9.13. The number of nitro groups is 1. The van der Waals surface area contributed by atoms with Crippen LogP contribution in [0.4, 0.5) is 24.5 Å². The number of aromatic nitrogens is 2. The highest BCUT2D eigenvalue weighted by atomic mass is 35.5. The lowest BCUT2D eigenvalue weighted by Crippen LogP contribution is -2.14. The minimum atomic E-state index is -4.58. The molecule has 0 aliphatic rings. The van der Waals surface area contributed by atoms with Gasteiger partial charge in [0.1, 0.15) is 11.5 Å². The number of hydrogen-bond acceptors (Lipinski definition) is 5. The van der Waals surface area contributed by atoms with Crippen molar-refractivity contribution in [3.8, 4) is 11.5 Å². The number of carbonyl (C=O) groups excluding carboxylic acids is 1. The van der Waals surface area contributed by atoms with Gasteiger partial charge in [-0.15, -0.1) is 0 Å². The molecule has 1 heterocycles. The second-order valence-electron chi connectivity index (χ2n) is 6.24. The molecule has 1 amide bonds. The number of hydrogen-bond donors (Lipinski definition) is 1. The van der Waals surface area contributed by atoms with Crippen LogP contribution in [0.1, 0.15) is 23.0 Å². The first-order chi connectivity index (χ1) is 14.6. The van der Waals surface area contributed by atoms with E-state index in [4.69, 9.17) is 16.3 Å². The molecule has 31 heavy (non-hydrogen) atoms. The summed E-state index contributed by atoms with van der Waals surface area (Å²) < 4.78 is 45.5. The van der Waals surface area contributed by atoms with E-state index in [1.54, 1.807) is 6.92 Å². The molecule has 3 rings (SSSR count). The first kappa shape index (κ1) is 22.1. The lowest BCUT2D eigenvalue weighted by Gasteiger charge is -2.11. The molecule has 0 saturated carbocycles. The molecule has 162 valence electrons. The van der Waals surface area contributed by atoms with Crippen molar-refractivity contribution >= 4 is 28.9 Å². The van der Waals surface area contributed by atoms with Crippen molar-refractivity contribution in [3.05, 3.63) is 75.1 Å². The molecule has 0 aliphatic carbocycles. The van der Waals surface area contributed by atoms with E-state index in [9.17, 15) is 28.1 Å². The van der Waals surface area contributed by atoms with Crippen LogP contribution in [0, 0.1) is 10.1 Å². The second kappa shape index (κ2) is 8.64. The van der Waals surface area contributed by atoms with Gasteiger partial charge in [0.05, 0.1) is 27.3 Å². The van der Waals surface area contributed by atoms with E-state index in [1.807, 2.05) is 0 Å². The van der Waals surface area contributed by atoms with Crippen molar-refractivity contribution in [2.24, 2.45) is 0 Å². The largest absolute Gasteiger partial charge is 0.457 e. The highest BCUT2D eigenvalue weighted by Crippen LogP contribution is 2.34. The SMILES string of the molecule is CCn1cc(Cl)c(C(=O)Nc2cc(Oc3cccc(C(F)(F)F)c3)cc([N+](=O)[O-])c2)n1. The second-order valence-corrected chi connectivity index (χ2v) is 6.64. The maximum atomic E-state index is 12.9. The van der Waals surface area contributed by atoms with Crippen LogP contribution in [-0.4, -0.2) is 20.6 Å². The van der Waals surface area contributed by atoms with Crippen molar-refractivity contribution < 1.29 is 27.6 Å². The highest BCUT2D eigenvalue weighted by Gasteiger charge is 2.30. The van der Waals surface area contributed by atoms with Crippen LogP contribution in [0.25, 0.3) is 0 Å². The zero-order chi connectivity index (χ0) is 22.8. The van der Waals surface area contributed by atoms with E-state index in [0.717, 1.165) is 30.3 Å².